The molecule has 1 aliphatic rings. The Hall–Kier alpha value is -5.94. The Labute approximate surface area is 290 Å². The zero-order chi connectivity index (χ0) is 36.4. The molecular formula is C37H32F3N5O6. The minimum atomic E-state index is -1.16. The number of nitriles is 1. The van der Waals surface area contributed by atoms with Gasteiger partial charge in [0.05, 0.1) is 59.2 Å². The van der Waals surface area contributed by atoms with Crippen LogP contribution in [0.25, 0.3) is 22.3 Å². The van der Waals surface area contributed by atoms with E-state index in [1.807, 2.05) is 6.07 Å². The summed E-state index contributed by atoms with van der Waals surface area (Å²) in [5.41, 5.74) is 0.301. The Morgan fingerprint density at radius 3 is 2.51 bits per heavy atom. The smallest absolute Gasteiger partial charge is 0.408 e. The molecule has 3 aromatic carbocycles. The van der Waals surface area contributed by atoms with Crippen molar-refractivity contribution < 1.29 is 42.1 Å². The van der Waals surface area contributed by atoms with Crippen molar-refractivity contribution in [3.05, 3.63) is 112 Å². The summed E-state index contributed by atoms with van der Waals surface area (Å²) in [5.74, 6) is -2.99. The SMILES string of the molecule is CC(C)(C)OC(=O)N[C@@H]1COC[C@@H]1n1c(Cc2cc(F)c(-c3cccc(OCc4ccc(C#N)cc4F)n3)cc2F)nc2ccc(C(=O)O)cc21. The van der Waals surface area contributed by atoms with Crippen molar-refractivity contribution in [2.24, 2.45) is 0 Å². The summed E-state index contributed by atoms with van der Waals surface area (Å²) in [7, 11) is 0. The summed E-state index contributed by atoms with van der Waals surface area (Å²) in [4.78, 5) is 33.5. The highest BCUT2D eigenvalue weighted by Gasteiger charge is 2.35. The standard InChI is InChI=1S/C37H32F3N5O6/c1-37(2,3)51-36(48)44-30-18-49-19-32(30)45-31-13-21(35(46)47)9-10-29(31)42-33(45)14-23-12-27(40)24(15-26(23)39)28-5-4-6-34(43-28)50-17-22-8-7-20(16-41)11-25(22)38/h4-13,15,30,32H,14,17-19H2,1-3H3,(H,44,48)(H,46,47)/t30-,32+/m1/s1. The maximum Gasteiger partial charge on any atom is 0.408 e. The number of alkyl carbamates (subject to hydrolysis) is 1. The second-order valence-electron chi connectivity index (χ2n) is 12.9. The van der Waals surface area contributed by atoms with Crippen LogP contribution in [0, 0.1) is 28.8 Å². The van der Waals surface area contributed by atoms with Gasteiger partial charge in [0.25, 0.3) is 0 Å². The van der Waals surface area contributed by atoms with Gasteiger partial charge in [-0.2, -0.15) is 5.26 Å². The van der Waals surface area contributed by atoms with Gasteiger partial charge in [-0.3, -0.25) is 0 Å². The highest BCUT2D eigenvalue weighted by molar-refractivity contribution is 5.92. The zero-order valence-corrected chi connectivity index (χ0v) is 27.7. The first-order chi connectivity index (χ1) is 24.3. The van der Waals surface area contributed by atoms with E-state index in [-0.39, 0.29) is 71.5 Å². The molecule has 14 heteroatoms. The molecule has 1 amide bonds. The van der Waals surface area contributed by atoms with Gasteiger partial charge in [-0.1, -0.05) is 12.1 Å². The average molecular weight is 700 g/mol. The van der Waals surface area contributed by atoms with Gasteiger partial charge in [0.2, 0.25) is 5.88 Å². The minimum absolute atomic E-state index is 0.00640. The number of pyridine rings is 1. The summed E-state index contributed by atoms with van der Waals surface area (Å²) in [5, 5.41) is 21.4. The number of hydrogen-bond donors (Lipinski definition) is 2. The summed E-state index contributed by atoms with van der Waals surface area (Å²) < 4.78 is 64.3. The number of amides is 1. The van der Waals surface area contributed by atoms with Crippen LogP contribution in [0.4, 0.5) is 18.0 Å². The molecule has 0 unspecified atom stereocenters. The van der Waals surface area contributed by atoms with Crippen LogP contribution in [0.2, 0.25) is 0 Å². The first-order valence-electron chi connectivity index (χ1n) is 15.9. The first-order valence-corrected chi connectivity index (χ1v) is 15.9. The molecule has 6 rings (SSSR count). The van der Waals surface area contributed by atoms with Gasteiger partial charge in [-0.15, -0.1) is 0 Å². The van der Waals surface area contributed by atoms with Crippen molar-refractivity contribution in [3.8, 4) is 23.2 Å². The van der Waals surface area contributed by atoms with Crippen LogP contribution in [0.3, 0.4) is 0 Å². The molecule has 262 valence electrons. The average Bonchev–Trinajstić information content (AvgIpc) is 3.67. The fraction of sp³-hybridized carbons (Fsp3) is 0.270. The van der Waals surface area contributed by atoms with Gasteiger partial charge in [0, 0.05) is 23.6 Å². The van der Waals surface area contributed by atoms with E-state index in [2.05, 4.69) is 15.3 Å². The number of nitrogens with one attached hydrogen (secondary N) is 1. The Balaban J connectivity index is 1.29. The number of benzene rings is 3. The predicted octanol–water partition coefficient (Wildman–Crippen LogP) is 6.72. The van der Waals surface area contributed by atoms with E-state index in [4.69, 9.17) is 19.5 Å². The lowest BCUT2D eigenvalue weighted by atomic mass is 10.0. The molecule has 3 heterocycles. The predicted molar refractivity (Wildman–Crippen MR) is 178 cm³/mol. The maximum atomic E-state index is 15.8. The number of ether oxygens (including phenoxy) is 3. The molecule has 1 fully saturated rings. The molecule has 2 atom stereocenters. The number of carbonyl (C=O) groups excluding carboxylic acids is 1. The molecule has 0 bridgehead atoms. The Kier molecular flexibility index (Phi) is 9.67. The van der Waals surface area contributed by atoms with Crippen LogP contribution in [-0.4, -0.2) is 56.6 Å². The van der Waals surface area contributed by atoms with E-state index in [9.17, 15) is 19.1 Å². The molecule has 0 aliphatic carbocycles. The van der Waals surface area contributed by atoms with E-state index < -0.39 is 47.2 Å². The van der Waals surface area contributed by atoms with E-state index in [1.54, 1.807) is 25.3 Å². The number of rotatable bonds is 9. The molecule has 0 saturated carbocycles. The summed E-state index contributed by atoms with van der Waals surface area (Å²) in [6.07, 6.45) is -0.865. The highest BCUT2D eigenvalue weighted by Crippen LogP contribution is 2.32. The second kappa shape index (κ2) is 14.1. The van der Waals surface area contributed by atoms with Crippen molar-refractivity contribution in [3.63, 3.8) is 0 Å². The number of carboxylic acids is 1. The fourth-order valence-electron chi connectivity index (χ4n) is 5.79. The number of halogens is 3. The van der Waals surface area contributed by atoms with Crippen LogP contribution in [0.15, 0.2) is 66.7 Å². The quantitative estimate of drug-likeness (QED) is 0.171. The lowest BCUT2D eigenvalue weighted by Gasteiger charge is -2.25. The van der Waals surface area contributed by atoms with Gasteiger partial charge in [0.15, 0.2) is 0 Å². The van der Waals surface area contributed by atoms with E-state index in [1.165, 1.54) is 48.5 Å². The van der Waals surface area contributed by atoms with Gasteiger partial charge in [-0.05, 0) is 74.9 Å². The molecule has 5 aromatic rings. The van der Waals surface area contributed by atoms with Crippen molar-refractivity contribution in [2.45, 2.75) is 51.5 Å². The number of nitrogens with zero attached hydrogens (tertiary/aromatic N) is 4. The Morgan fingerprint density at radius 2 is 1.78 bits per heavy atom. The number of aromatic nitrogens is 3. The molecule has 1 saturated heterocycles. The number of carboxylic acid groups (broad SMARTS) is 1. The lowest BCUT2D eigenvalue weighted by molar-refractivity contribution is 0.0491. The second-order valence-corrected chi connectivity index (χ2v) is 12.9. The van der Waals surface area contributed by atoms with Crippen LogP contribution >= 0.6 is 0 Å². The third-order valence-corrected chi connectivity index (χ3v) is 8.14. The molecule has 51 heavy (non-hydrogen) atoms. The van der Waals surface area contributed by atoms with E-state index in [0.29, 0.717) is 11.0 Å². The van der Waals surface area contributed by atoms with Gasteiger partial charge in [-0.25, -0.2) is 32.7 Å². The molecular weight excluding hydrogens is 667 g/mol. The highest BCUT2D eigenvalue weighted by atomic mass is 19.1. The molecule has 2 N–H and O–H groups in total. The number of hydrogen-bond acceptors (Lipinski definition) is 8. The van der Waals surface area contributed by atoms with Crippen LogP contribution in [0.1, 0.15) is 59.7 Å². The van der Waals surface area contributed by atoms with Gasteiger partial charge < -0.3 is 29.2 Å². The number of aromatic carboxylic acids is 1. The van der Waals surface area contributed by atoms with Gasteiger partial charge >= 0.3 is 12.1 Å². The first kappa shape index (κ1) is 34.9. The lowest BCUT2D eigenvalue weighted by Crippen LogP contribution is -2.43. The molecule has 11 nitrogen and oxygen atoms in total. The third kappa shape index (κ3) is 7.79. The summed E-state index contributed by atoms with van der Waals surface area (Å²) in [6.45, 7) is 5.21. The third-order valence-electron chi connectivity index (χ3n) is 8.14. The van der Waals surface area contributed by atoms with Crippen molar-refractivity contribution >= 4 is 23.1 Å². The maximum absolute atomic E-state index is 15.8. The normalized spacial score (nSPS) is 15.8. The molecule has 1 aliphatic heterocycles. The largest absolute Gasteiger partial charge is 0.478 e. The van der Waals surface area contributed by atoms with Crippen molar-refractivity contribution in [1.29, 1.82) is 5.26 Å². The number of imidazole rings is 1. The van der Waals surface area contributed by atoms with E-state index in [0.717, 1.165) is 18.2 Å². The fourth-order valence-corrected chi connectivity index (χ4v) is 5.79. The van der Waals surface area contributed by atoms with Crippen molar-refractivity contribution in [2.75, 3.05) is 13.2 Å². The van der Waals surface area contributed by atoms with Crippen LogP contribution < -0.4 is 10.1 Å². The molecule has 2 aromatic heterocycles. The van der Waals surface area contributed by atoms with E-state index >= 15 is 8.78 Å². The number of fused-ring (bicyclic) bond motifs is 1. The molecule has 0 spiro atoms. The monoisotopic (exact) mass is 699 g/mol. The minimum Gasteiger partial charge on any atom is -0.478 e. The van der Waals surface area contributed by atoms with Crippen LogP contribution in [-0.2, 0) is 22.5 Å². The summed E-state index contributed by atoms with van der Waals surface area (Å²) in [6, 6.07) is 15.5. The van der Waals surface area contributed by atoms with Crippen molar-refractivity contribution in [1.82, 2.24) is 19.9 Å². The van der Waals surface area contributed by atoms with Crippen LogP contribution in [0.5, 0.6) is 5.88 Å². The zero-order valence-electron chi connectivity index (χ0n) is 27.7. The Bertz CT molecular complexity index is 2190. The Morgan fingerprint density at radius 1 is 1.00 bits per heavy atom. The molecule has 0 radical (unpaired) electrons. The summed E-state index contributed by atoms with van der Waals surface area (Å²) >= 11 is 0. The van der Waals surface area contributed by atoms with Gasteiger partial charge in [0.1, 0.15) is 35.5 Å². The topological polar surface area (TPSA) is 149 Å². The number of carbonyl (C=O) groups is 2.